The minimum atomic E-state index is -0.799. The second-order valence-electron chi connectivity index (χ2n) is 8.82. The lowest BCUT2D eigenvalue weighted by Crippen LogP contribution is -2.49. The fourth-order valence-corrected chi connectivity index (χ4v) is 4.32. The van der Waals surface area contributed by atoms with Crippen molar-refractivity contribution >= 4 is 23.5 Å². The van der Waals surface area contributed by atoms with Crippen molar-refractivity contribution < 1.29 is 19.5 Å². The number of nitrogens with zero attached hydrogens (tertiary/aromatic N) is 1. The lowest BCUT2D eigenvalue weighted by atomic mass is 9.90. The minimum Gasteiger partial charge on any atom is -0.481 e. The normalized spacial score (nSPS) is 16.0. The average Bonchev–Trinajstić information content (AvgIpc) is 2.84. The quantitative estimate of drug-likeness (QED) is 0.242. The lowest BCUT2D eigenvalue weighted by molar-refractivity contribution is -0.139. The lowest BCUT2D eigenvalue weighted by Gasteiger charge is -2.33. The molecule has 1 amide bonds. The van der Waals surface area contributed by atoms with Gasteiger partial charge in [-0.1, -0.05) is 54.6 Å². The van der Waals surface area contributed by atoms with E-state index in [1.54, 1.807) is 36.1 Å². The van der Waals surface area contributed by atoms with Gasteiger partial charge in [-0.2, -0.15) is 0 Å². The second kappa shape index (κ2) is 11.6. The van der Waals surface area contributed by atoms with Gasteiger partial charge in [-0.25, -0.2) is 0 Å². The van der Waals surface area contributed by atoms with Crippen molar-refractivity contribution in [2.45, 2.75) is 38.1 Å². The van der Waals surface area contributed by atoms with Crippen LogP contribution in [0.25, 0.3) is 0 Å². The zero-order chi connectivity index (χ0) is 24.7. The fraction of sp³-hybridized carbons (Fsp3) is 0.385. The number of nitrogens with one attached hydrogen (secondary N) is 2. The predicted molar refractivity (Wildman–Crippen MR) is 130 cm³/mol. The molecule has 1 heterocycles. The van der Waals surface area contributed by atoms with Gasteiger partial charge in [0.2, 0.25) is 5.91 Å². The number of amidine groups is 1. The van der Waals surface area contributed by atoms with E-state index in [-0.39, 0.29) is 29.9 Å². The molecule has 1 saturated heterocycles. The number of ketones is 1. The number of hydrogen-bond acceptors (Lipinski definition) is 5. The van der Waals surface area contributed by atoms with E-state index < -0.39 is 17.9 Å². The number of nitrogen functional groups attached to an aromatic ring is 1. The zero-order valence-electron chi connectivity index (χ0n) is 19.4. The molecular weight excluding hydrogens is 432 g/mol. The van der Waals surface area contributed by atoms with Crippen LogP contribution in [0.4, 0.5) is 0 Å². The standard InChI is InChI=1S/C26H32N4O4/c1-17(26(34)30-13-11-18(12-14-30)15-23(31)32)29-16-22(19-5-3-2-4-6-19)24(33)20-7-9-21(10-8-20)25(27)28/h2-10,17-18,22,29H,11-16H2,1H3,(H3,27,28)(H,31,32)/t17-,22?/m0/s1. The number of hydrogen-bond donors (Lipinski definition) is 4. The van der Waals surface area contributed by atoms with Gasteiger partial charge < -0.3 is 21.1 Å². The summed E-state index contributed by atoms with van der Waals surface area (Å²) in [6.45, 7) is 3.18. The molecule has 8 nitrogen and oxygen atoms in total. The highest BCUT2D eigenvalue weighted by molar-refractivity contribution is 6.02. The first-order chi connectivity index (χ1) is 16.3. The van der Waals surface area contributed by atoms with Gasteiger partial charge in [0, 0.05) is 37.2 Å². The number of amides is 1. The Kier molecular flexibility index (Phi) is 8.54. The van der Waals surface area contributed by atoms with Gasteiger partial charge in [0.05, 0.1) is 12.0 Å². The third-order valence-corrected chi connectivity index (χ3v) is 6.39. The van der Waals surface area contributed by atoms with Crippen molar-refractivity contribution in [1.29, 1.82) is 5.41 Å². The van der Waals surface area contributed by atoms with Crippen LogP contribution in [-0.4, -0.2) is 59.2 Å². The van der Waals surface area contributed by atoms with Crippen LogP contribution in [0, 0.1) is 11.3 Å². The number of likely N-dealkylation sites (tertiary alicyclic amines) is 1. The summed E-state index contributed by atoms with van der Waals surface area (Å²) in [6.07, 6.45) is 1.52. The number of nitrogens with two attached hydrogens (primary N) is 1. The smallest absolute Gasteiger partial charge is 0.303 e. The van der Waals surface area contributed by atoms with Gasteiger partial charge in [-0.3, -0.25) is 19.8 Å². The summed E-state index contributed by atoms with van der Waals surface area (Å²) in [7, 11) is 0. The number of Topliss-reactive ketones (excluding diaryl/α,β-unsaturated/α-hetero) is 1. The summed E-state index contributed by atoms with van der Waals surface area (Å²) in [6, 6.07) is 15.6. The van der Waals surface area contributed by atoms with Crippen LogP contribution in [0.5, 0.6) is 0 Å². The summed E-state index contributed by atoms with van der Waals surface area (Å²) < 4.78 is 0. The van der Waals surface area contributed by atoms with E-state index in [1.165, 1.54) is 0 Å². The first-order valence-corrected chi connectivity index (χ1v) is 11.5. The molecule has 180 valence electrons. The summed E-state index contributed by atoms with van der Waals surface area (Å²) in [5, 5.41) is 19.8. The molecule has 2 atom stereocenters. The number of piperidine rings is 1. The molecule has 5 N–H and O–H groups in total. The van der Waals surface area contributed by atoms with Crippen LogP contribution in [-0.2, 0) is 9.59 Å². The first kappa shape index (κ1) is 25.1. The molecule has 0 aromatic heterocycles. The van der Waals surface area contributed by atoms with E-state index >= 15 is 0 Å². The molecule has 2 aromatic carbocycles. The molecule has 1 aliphatic heterocycles. The van der Waals surface area contributed by atoms with Gasteiger partial charge in [0.15, 0.2) is 5.78 Å². The molecular formula is C26H32N4O4. The van der Waals surface area contributed by atoms with Gasteiger partial charge >= 0.3 is 5.97 Å². The van der Waals surface area contributed by atoms with Crippen LogP contribution in [0.3, 0.4) is 0 Å². The highest BCUT2D eigenvalue weighted by Gasteiger charge is 2.28. The second-order valence-corrected chi connectivity index (χ2v) is 8.82. The predicted octanol–water partition coefficient (Wildman–Crippen LogP) is 2.63. The molecule has 3 rings (SSSR count). The Morgan fingerprint density at radius 1 is 1.06 bits per heavy atom. The zero-order valence-corrected chi connectivity index (χ0v) is 19.4. The van der Waals surface area contributed by atoms with Crippen LogP contribution in [0.1, 0.15) is 53.6 Å². The summed E-state index contributed by atoms with van der Waals surface area (Å²) in [4.78, 5) is 39.0. The Hall–Kier alpha value is -3.52. The van der Waals surface area contributed by atoms with E-state index in [0.29, 0.717) is 43.6 Å². The molecule has 0 aliphatic carbocycles. The topological polar surface area (TPSA) is 137 Å². The van der Waals surface area contributed by atoms with Crippen molar-refractivity contribution in [1.82, 2.24) is 10.2 Å². The third-order valence-electron chi connectivity index (χ3n) is 6.39. The molecule has 0 radical (unpaired) electrons. The van der Waals surface area contributed by atoms with Crippen molar-refractivity contribution in [3.8, 4) is 0 Å². The number of benzene rings is 2. The fourth-order valence-electron chi connectivity index (χ4n) is 4.32. The van der Waals surface area contributed by atoms with E-state index in [9.17, 15) is 14.4 Å². The molecule has 1 fully saturated rings. The molecule has 0 spiro atoms. The Bertz CT molecular complexity index is 1010. The molecule has 1 unspecified atom stereocenters. The summed E-state index contributed by atoms with van der Waals surface area (Å²) in [5.74, 6) is -1.35. The molecule has 2 aromatic rings. The Morgan fingerprint density at radius 2 is 1.65 bits per heavy atom. The van der Waals surface area contributed by atoms with Crippen LogP contribution < -0.4 is 11.1 Å². The molecule has 8 heteroatoms. The summed E-state index contributed by atoms with van der Waals surface area (Å²) in [5.41, 5.74) is 7.44. The Balaban J connectivity index is 1.65. The highest BCUT2D eigenvalue weighted by atomic mass is 16.4. The Labute approximate surface area is 199 Å². The van der Waals surface area contributed by atoms with Crippen molar-refractivity contribution in [2.75, 3.05) is 19.6 Å². The number of carbonyl (C=O) groups is 3. The van der Waals surface area contributed by atoms with Gasteiger partial charge in [-0.05, 0) is 31.2 Å². The minimum absolute atomic E-state index is 0.0427. The van der Waals surface area contributed by atoms with Gasteiger partial charge in [0.25, 0.3) is 0 Å². The van der Waals surface area contributed by atoms with E-state index in [0.717, 1.165) is 5.56 Å². The van der Waals surface area contributed by atoms with Crippen molar-refractivity contribution in [3.05, 3.63) is 71.3 Å². The van der Waals surface area contributed by atoms with Gasteiger partial charge in [0.1, 0.15) is 5.84 Å². The maximum atomic E-state index is 13.4. The van der Waals surface area contributed by atoms with Gasteiger partial charge in [-0.15, -0.1) is 0 Å². The molecule has 0 bridgehead atoms. The number of carboxylic acids is 1. The van der Waals surface area contributed by atoms with E-state index in [4.69, 9.17) is 16.2 Å². The van der Waals surface area contributed by atoms with E-state index in [2.05, 4.69) is 5.32 Å². The van der Waals surface area contributed by atoms with Crippen molar-refractivity contribution in [2.24, 2.45) is 11.7 Å². The number of carbonyl (C=O) groups excluding carboxylic acids is 2. The summed E-state index contributed by atoms with van der Waals surface area (Å²) >= 11 is 0. The maximum absolute atomic E-state index is 13.4. The van der Waals surface area contributed by atoms with Crippen LogP contribution in [0.15, 0.2) is 54.6 Å². The molecule has 0 saturated carbocycles. The molecule has 1 aliphatic rings. The number of carboxylic acid groups (broad SMARTS) is 1. The van der Waals surface area contributed by atoms with Crippen molar-refractivity contribution in [3.63, 3.8) is 0 Å². The third kappa shape index (κ3) is 6.51. The average molecular weight is 465 g/mol. The number of aliphatic carboxylic acids is 1. The Morgan fingerprint density at radius 3 is 2.21 bits per heavy atom. The molecule has 34 heavy (non-hydrogen) atoms. The number of rotatable bonds is 10. The van der Waals surface area contributed by atoms with Crippen LogP contribution in [0.2, 0.25) is 0 Å². The van der Waals surface area contributed by atoms with E-state index in [1.807, 2.05) is 30.3 Å². The maximum Gasteiger partial charge on any atom is 0.303 e. The largest absolute Gasteiger partial charge is 0.481 e. The SMILES string of the molecule is C[C@H](NCC(C(=O)c1ccc(C(=N)N)cc1)c1ccccc1)C(=O)N1CCC(CC(=O)O)CC1. The monoisotopic (exact) mass is 464 g/mol. The highest BCUT2D eigenvalue weighted by Crippen LogP contribution is 2.23. The first-order valence-electron chi connectivity index (χ1n) is 11.5. The van der Waals surface area contributed by atoms with Crippen LogP contribution >= 0.6 is 0 Å².